The number of rotatable bonds is 2. The van der Waals surface area contributed by atoms with E-state index in [-0.39, 0.29) is 17.8 Å². The van der Waals surface area contributed by atoms with Gasteiger partial charge >= 0.3 is 5.97 Å². The Bertz CT molecular complexity index is 507. The summed E-state index contributed by atoms with van der Waals surface area (Å²) in [5.74, 6) is -0.0853. The Hall–Kier alpha value is -1.36. The minimum absolute atomic E-state index is 0.118. The Morgan fingerprint density at radius 1 is 1.42 bits per heavy atom. The fourth-order valence-corrected chi connectivity index (χ4v) is 3.71. The Balaban J connectivity index is 1.91. The summed E-state index contributed by atoms with van der Waals surface area (Å²) >= 11 is 1.65. The molecule has 1 aliphatic heterocycles. The lowest BCUT2D eigenvalue weighted by Crippen LogP contribution is -2.47. The van der Waals surface area contributed by atoms with Gasteiger partial charge in [-0.05, 0) is 36.3 Å². The van der Waals surface area contributed by atoms with E-state index >= 15 is 0 Å². The van der Waals surface area contributed by atoms with E-state index in [9.17, 15) is 9.59 Å². The number of nitrogens with zero attached hydrogens (tertiary/aromatic N) is 1. The topological polar surface area (TPSA) is 46.6 Å². The molecule has 1 unspecified atom stereocenters. The second kappa shape index (κ2) is 4.96. The second-order valence-corrected chi connectivity index (χ2v) is 6.13. The first-order valence-corrected chi connectivity index (χ1v) is 7.55. The van der Waals surface area contributed by atoms with Crippen LogP contribution >= 0.6 is 11.3 Å². The van der Waals surface area contributed by atoms with Crippen molar-refractivity contribution in [3.8, 4) is 0 Å². The molecule has 19 heavy (non-hydrogen) atoms. The molecular formula is C14H17NO3S. The highest BCUT2D eigenvalue weighted by Gasteiger charge is 2.40. The van der Waals surface area contributed by atoms with Crippen LogP contribution < -0.4 is 0 Å². The van der Waals surface area contributed by atoms with E-state index in [4.69, 9.17) is 4.74 Å². The Morgan fingerprint density at radius 3 is 2.84 bits per heavy atom. The molecule has 102 valence electrons. The van der Waals surface area contributed by atoms with Crippen LogP contribution in [-0.2, 0) is 20.7 Å². The van der Waals surface area contributed by atoms with E-state index in [1.54, 1.807) is 16.2 Å². The Kier molecular flexibility index (Phi) is 3.31. The highest BCUT2D eigenvalue weighted by Crippen LogP contribution is 2.37. The van der Waals surface area contributed by atoms with Crippen molar-refractivity contribution in [3.05, 3.63) is 21.9 Å². The maximum atomic E-state index is 12.5. The average molecular weight is 279 g/mol. The number of esters is 1. The molecular weight excluding hydrogens is 262 g/mol. The van der Waals surface area contributed by atoms with Crippen molar-refractivity contribution in [1.82, 2.24) is 4.90 Å². The highest BCUT2D eigenvalue weighted by molar-refractivity contribution is 7.10. The van der Waals surface area contributed by atoms with Crippen LogP contribution in [0.3, 0.4) is 0 Å². The average Bonchev–Trinajstić information content (AvgIpc) is 2.82. The standard InChI is InChI=1S/C14H17NO3S/c1-18-14(17)12-10-6-8-19-11(10)5-7-15(12)13(16)9-3-2-4-9/h6,8-9,12H,2-5,7H2,1H3. The first kappa shape index (κ1) is 12.7. The lowest BCUT2D eigenvalue weighted by atomic mass is 9.83. The van der Waals surface area contributed by atoms with Crippen molar-refractivity contribution >= 4 is 23.2 Å². The summed E-state index contributed by atoms with van der Waals surface area (Å²) in [5, 5.41) is 1.98. The number of amides is 1. The fraction of sp³-hybridized carbons (Fsp3) is 0.571. The quantitative estimate of drug-likeness (QED) is 0.779. The summed E-state index contributed by atoms with van der Waals surface area (Å²) in [6.45, 7) is 0.628. The number of ether oxygens (including phenoxy) is 1. The van der Waals surface area contributed by atoms with Gasteiger partial charge in [-0.1, -0.05) is 6.42 Å². The molecule has 2 aliphatic rings. The molecule has 1 fully saturated rings. The van der Waals surface area contributed by atoms with E-state index in [1.165, 1.54) is 12.0 Å². The van der Waals surface area contributed by atoms with Crippen molar-refractivity contribution in [3.63, 3.8) is 0 Å². The predicted octanol–water partition coefficient (Wildman–Crippen LogP) is 2.15. The van der Waals surface area contributed by atoms with Gasteiger partial charge in [-0.15, -0.1) is 11.3 Å². The van der Waals surface area contributed by atoms with Gasteiger partial charge in [0, 0.05) is 17.3 Å². The number of hydrogen-bond donors (Lipinski definition) is 0. The lowest BCUT2D eigenvalue weighted by molar-refractivity contribution is -0.156. The monoisotopic (exact) mass is 279 g/mol. The summed E-state index contributed by atoms with van der Waals surface area (Å²) in [5.41, 5.74) is 0.954. The van der Waals surface area contributed by atoms with Gasteiger partial charge in [-0.2, -0.15) is 0 Å². The zero-order valence-electron chi connectivity index (χ0n) is 10.9. The number of carbonyl (C=O) groups is 2. The largest absolute Gasteiger partial charge is 0.467 e. The van der Waals surface area contributed by atoms with Crippen molar-refractivity contribution in [2.75, 3.05) is 13.7 Å². The van der Waals surface area contributed by atoms with E-state index < -0.39 is 6.04 Å². The molecule has 1 aromatic heterocycles. The van der Waals surface area contributed by atoms with Crippen molar-refractivity contribution in [2.24, 2.45) is 5.92 Å². The van der Waals surface area contributed by atoms with Crippen LogP contribution in [0.2, 0.25) is 0 Å². The highest BCUT2D eigenvalue weighted by atomic mass is 32.1. The Morgan fingerprint density at radius 2 is 2.21 bits per heavy atom. The molecule has 5 heteroatoms. The van der Waals surface area contributed by atoms with E-state index in [0.717, 1.165) is 31.2 Å². The number of carbonyl (C=O) groups excluding carboxylic acids is 2. The number of hydrogen-bond acceptors (Lipinski definition) is 4. The van der Waals surface area contributed by atoms with Gasteiger partial charge in [0.1, 0.15) is 0 Å². The molecule has 0 bridgehead atoms. The van der Waals surface area contributed by atoms with Crippen LogP contribution in [0.1, 0.15) is 35.7 Å². The van der Waals surface area contributed by atoms with E-state index in [0.29, 0.717) is 6.54 Å². The number of fused-ring (bicyclic) bond motifs is 1. The third kappa shape index (κ3) is 2.06. The SMILES string of the molecule is COC(=O)C1c2ccsc2CCN1C(=O)C1CCC1. The maximum absolute atomic E-state index is 12.5. The molecule has 0 saturated heterocycles. The van der Waals surface area contributed by atoms with Gasteiger partial charge in [-0.3, -0.25) is 4.79 Å². The van der Waals surface area contributed by atoms with Gasteiger partial charge in [0.25, 0.3) is 0 Å². The molecule has 1 amide bonds. The van der Waals surface area contributed by atoms with Crippen molar-refractivity contribution < 1.29 is 14.3 Å². The smallest absolute Gasteiger partial charge is 0.333 e. The van der Waals surface area contributed by atoms with Crippen LogP contribution in [-0.4, -0.2) is 30.4 Å². The van der Waals surface area contributed by atoms with Crippen molar-refractivity contribution in [2.45, 2.75) is 31.7 Å². The molecule has 2 heterocycles. The minimum atomic E-state index is -0.534. The molecule has 0 aromatic carbocycles. The molecule has 1 saturated carbocycles. The van der Waals surface area contributed by atoms with E-state index in [2.05, 4.69) is 0 Å². The van der Waals surface area contributed by atoms with Crippen LogP contribution in [0.25, 0.3) is 0 Å². The van der Waals surface area contributed by atoms with Crippen LogP contribution in [0.5, 0.6) is 0 Å². The molecule has 1 atom stereocenters. The van der Waals surface area contributed by atoms with Gasteiger partial charge in [0.15, 0.2) is 6.04 Å². The van der Waals surface area contributed by atoms with Crippen LogP contribution in [0.15, 0.2) is 11.4 Å². The summed E-state index contributed by atoms with van der Waals surface area (Å²) in [6.07, 6.45) is 3.88. The predicted molar refractivity (Wildman–Crippen MR) is 71.8 cm³/mol. The molecule has 1 aliphatic carbocycles. The number of thiophene rings is 1. The van der Waals surface area contributed by atoms with Gasteiger partial charge < -0.3 is 9.64 Å². The summed E-state index contributed by atoms with van der Waals surface area (Å²) in [6, 6.07) is 1.41. The third-order valence-electron chi connectivity index (χ3n) is 4.13. The zero-order chi connectivity index (χ0) is 13.4. The second-order valence-electron chi connectivity index (χ2n) is 5.13. The molecule has 0 N–H and O–H groups in total. The van der Waals surface area contributed by atoms with Crippen LogP contribution in [0.4, 0.5) is 0 Å². The summed E-state index contributed by atoms with van der Waals surface area (Å²) < 4.78 is 4.90. The molecule has 3 rings (SSSR count). The molecule has 4 nitrogen and oxygen atoms in total. The first-order chi connectivity index (χ1) is 9.22. The van der Waals surface area contributed by atoms with Crippen molar-refractivity contribution in [1.29, 1.82) is 0 Å². The fourth-order valence-electron chi connectivity index (χ4n) is 2.81. The van der Waals surface area contributed by atoms with E-state index in [1.807, 2.05) is 11.4 Å². The van der Waals surface area contributed by atoms with Gasteiger partial charge in [0.05, 0.1) is 7.11 Å². The third-order valence-corrected chi connectivity index (χ3v) is 5.12. The first-order valence-electron chi connectivity index (χ1n) is 6.67. The number of methoxy groups -OCH3 is 1. The zero-order valence-corrected chi connectivity index (χ0v) is 11.7. The maximum Gasteiger partial charge on any atom is 0.333 e. The van der Waals surface area contributed by atoms with Gasteiger partial charge in [-0.25, -0.2) is 4.79 Å². The molecule has 1 aromatic rings. The normalized spacial score (nSPS) is 22.6. The summed E-state index contributed by atoms with van der Waals surface area (Å²) in [4.78, 5) is 27.5. The summed E-state index contributed by atoms with van der Waals surface area (Å²) in [7, 11) is 1.38. The lowest BCUT2D eigenvalue weighted by Gasteiger charge is -2.38. The molecule has 0 radical (unpaired) electrons. The molecule has 0 spiro atoms. The minimum Gasteiger partial charge on any atom is -0.467 e. The Labute approximate surface area is 116 Å². The van der Waals surface area contributed by atoms with Crippen LogP contribution in [0, 0.1) is 5.92 Å². The van der Waals surface area contributed by atoms with Gasteiger partial charge in [0.2, 0.25) is 5.91 Å².